The molecule has 38 heavy (non-hydrogen) atoms. The molecule has 1 N–H and O–H groups in total. The molecule has 7 atom stereocenters. The Morgan fingerprint density at radius 2 is 2.05 bits per heavy atom. The van der Waals surface area contributed by atoms with Crippen molar-refractivity contribution in [2.75, 3.05) is 26.3 Å². The molecule has 0 aliphatic carbocycles. The van der Waals surface area contributed by atoms with Crippen molar-refractivity contribution in [3.05, 3.63) is 61.2 Å². The van der Waals surface area contributed by atoms with Gasteiger partial charge in [-0.3, -0.25) is 14.4 Å². The number of hydrogen-bond donors (Lipinski definition) is 1. The highest BCUT2D eigenvalue weighted by atomic mass is 79.9. The van der Waals surface area contributed by atoms with E-state index < -0.39 is 41.6 Å². The van der Waals surface area contributed by atoms with Gasteiger partial charge in [-0.25, -0.2) is 0 Å². The van der Waals surface area contributed by atoms with E-state index in [0.29, 0.717) is 31.5 Å². The Balaban J connectivity index is 1.80. The van der Waals surface area contributed by atoms with Gasteiger partial charge >= 0.3 is 5.97 Å². The number of benzene rings is 1. The fourth-order valence-electron chi connectivity index (χ4n) is 6.29. The van der Waals surface area contributed by atoms with Gasteiger partial charge in [-0.1, -0.05) is 71.8 Å². The molecule has 0 radical (unpaired) electrons. The Hall–Kier alpha value is -2.49. The number of halogens is 1. The Morgan fingerprint density at radius 1 is 1.32 bits per heavy atom. The topological polar surface area (TPSA) is 96.4 Å². The van der Waals surface area contributed by atoms with Gasteiger partial charge in [0.1, 0.15) is 11.6 Å². The number of ether oxygens (including phenoxy) is 2. The first-order valence-electron chi connectivity index (χ1n) is 13.3. The summed E-state index contributed by atoms with van der Waals surface area (Å²) in [5, 5.41) is 10.6. The molecular formula is C29H37BrN2O6. The number of fused-ring (bicyclic) bond motifs is 1. The number of alkyl halides is 1. The highest BCUT2D eigenvalue weighted by molar-refractivity contribution is 9.09. The summed E-state index contributed by atoms with van der Waals surface area (Å²) in [7, 11) is 0. The lowest BCUT2D eigenvalue weighted by atomic mass is 9.70. The monoisotopic (exact) mass is 588 g/mol. The lowest BCUT2D eigenvalue weighted by Gasteiger charge is -2.39. The highest BCUT2D eigenvalue weighted by Crippen LogP contribution is 2.61. The third-order valence-electron chi connectivity index (χ3n) is 7.94. The summed E-state index contributed by atoms with van der Waals surface area (Å²) in [5.74, 6) is -2.88. The normalized spacial score (nSPS) is 30.1. The van der Waals surface area contributed by atoms with Crippen molar-refractivity contribution < 1.29 is 29.0 Å². The Labute approximate surface area is 232 Å². The van der Waals surface area contributed by atoms with Crippen LogP contribution in [0, 0.1) is 11.8 Å². The number of nitrogens with zero attached hydrogens (tertiary/aromatic N) is 2. The quantitative estimate of drug-likeness (QED) is 0.164. The first-order valence-corrected chi connectivity index (χ1v) is 14.2. The number of amides is 2. The molecule has 8 nitrogen and oxygen atoms in total. The molecule has 3 heterocycles. The van der Waals surface area contributed by atoms with Crippen molar-refractivity contribution in [3.8, 4) is 0 Å². The SMILES string of the molecule is C=CCCOC(=O)[C@H]1[C@@H]2OC3(CC2Br)C(C(=O)N(CC=C)CCCC)N([C@H](CO)c2ccccc2)C(=O)[C@H]13. The number of carbonyl (C=O) groups is 3. The predicted octanol–water partition coefficient (Wildman–Crippen LogP) is 3.40. The van der Waals surface area contributed by atoms with Crippen molar-refractivity contribution in [2.24, 2.45) is 11.8 Å². The van der Waals surface area contributed by atoms with E-state index >= 15 is 0 Å². The van der Waals surface area contributed by atoms with Crippen LogP contribution >= 0.6 is 15.9 Å². The van der Waals surface area contributed by atoms with Gasteiger partial charge in [-0.2, -0.15) is 0 Å². The number of unbranched alkanes of at least 4 members (excludes halogenated alkanes) is 1. The zero-order chi connectivity index (χ0) is 27.4. The molecule has 206 valence electrons. The first kappa shape index (κ1) is 28.5. The minimum absolute atomic E-state index is 0.159. The summed E-state index contributed by atoms with van der Waals surface area (Å²) in [4.78, 5) is 44.9. The molecule has 2 amide bonds. The predicted molar refractivity (Wildman–Crippen MR) is 146 cm³/mol. The third kappa shape index (κ3) is 4.84. The number of aliphatic hydroxyl groups excluding tert-OH is 1. The Kier molecular flexibility index (Phi) is 9.11. The van der Waals surface area contributed by atoms with Crippen LogP contribution < -0.4 is 0 Å². The van der Waals surface area contributed by atoms with E-state index in [0.717, 1.165) is 12.8 Å². The van der Waals surface area contributed by atoms with Gasteiger partial charge in [0, 0.05) is 17.9 Å². The van der Waals surface area contributed by atoms with E-state index in [4.69, 9.17) is 9.47 Å². The summed E-state index contributed by atoms with van der Waals surface area (Å²) in [5.41, 5.74) is -0.514. The third-order valence-corrected chi connectivity index (χ3v) is 8.78. The van der Waals surface area contributed by atoms with Crippen LogP contribution in [0.15, 0.2) is 55.6 Å². The minimum Gasteiger partial charge on any atom is -0.465 e. The van der Waals surface area contributed by atoms with Crippen molar-refractivity contribution >= 4 is 33.7 Å². The largest absolute Gasteiger partial charge is 0.465 e. The molecule has 3 saturated heterocycles. The van der Waals surface area contributed by atoms with Crippen molar-refractivity contribution in [3.63, 3.8) is 0 Å². The maximum atomic E-state index is 14.3. The van der Waals surface area contributed by atoms with Crippen molar-refractivity contribution in [1.82, 2.24) is 9.80 Å². The van der Waals surface area contributed by atoms with Gasteiger partial charge in [0.2, 0.25) is 11.8 Å². The molecule has 2 bridgehead atoms. The minimum atomic E-state index is -1.22. The molecule has 9 heteroatoms. The molecule has 3 unspecified atom stereocenters. The molecule has 1 aromatic rings. The van der Waals surface area contributed by atoms with Crippen LogP contribution in [0.3, 0.4) is 0 Å². The van der Waals surface area contributed by atoms with Crippen LogP contribution in [0.2, 0.25) is 0 Å². The van der Waals surface area contributed by atoms with Gasteiger partial charge < -0.3 is 24.4 Å². The maximum Gasteiger partial charge on any atom is 0.312 e. The molecule has 1 spiro atoms. The number of likely N-dealkylation sites (tertiary alicyclic amines) is 1. The molecule has 1 aromatic carbocycles. The molecule has 3 fully saturated rings. The van der Waals surface area contributed by atoms with Crippen LogP contribution in [0.5, 0.6) is 0 Å². The van der Waals surface area contributed by atoms with E-state index in [-0.39, 0.29) is 29.9 Å². The van der Waals surface area contributed by atoms with Gasteiger partial charge in [-0.05, 0) is 24.8 Å². The molecule has 0 aromatic heterocycles. The summed E-state index contributed by atoms with van der Waals surface area (Å²) >= 11 is 3.67. The Morgan fingerprint density at radius 3 is 2.68 bits per heavy atom. The summed E-state index contributed by atoms with van der Waals surface area (Å²) in [6.45, 7) is 10.1. The molecule has 3 aliphatic heterocycles. The number of rotatable bonds is 13. The molecule has 4 rings (SSSR count). The lowest BCUT2D eigenvalue weighted by Crippen LogP contribution is -2.57. The average molecular weight is 590 g/mol. The van der Waals surface area contributed by atoms with Gasteiger partial charge in [-0.15, -0.1) is 13.2 Å². The second kappa shape index (κ2) is 12.1. The van der Waals surface area contributed by atoms with Crippen LogP contribution in [-0.4, -0.2) is 81.6 Å². The molecule has 0 saturated carbocycles. The van der Waals surface area contributed by atoms with Gasteiger partial charge in [0.15, 0.2) is 0 Å². The second-order valence-corrected chi connectivity index (χ2v) is 11.4. The maximum absolute atomic E-state index is 14.3. The number of hydrogen-bond acceptors (Lipinski definition) is 6. The van der Waals surface area contributed by atoms with Gasteiger partial charge in [0.05, 0.1) is 37.2 Å². The van der Waals surface area contributed by atoms with E-state index in [1.807, 2.05) is 37.3 Å². The average Bonchev–Trinajstić information content (AvgIpc) is 3.51. The summed E-state index contributed by atoms with van der Waals surface area (Å²) in [6.07, 6.45) is 5.31. The number of carbonyl (C=O) groups excluding carboxylic acids is 3. The van der Waals surface area contributed by atoms with Gasteiger partial charge in [0.25, 0.3) is 0 Å². The molecule has 3 aliphatic rings. The van der Waals surface area contributed by atoms with E-state index in [9.17, 15) is 19.5 Å². The van der Waals surface area contributed by atoms with E-state index in [2.05, 4.69) is 29.1 Å². The number of esters is 1. The van der Waals surface area contributed by atoms with Crippen LogP contribution in [0.25, 0.3) is 0 Å². The fraction of sp³-hybridized carbons (Fsp3) is 0.552. The van der Waals surface area contributed by atoms with Crippen molar-refractivity contribution in [1.29, 1.82) is 0 Å². The smallest absolute Gasteiger partial charge is 0.312 e. The fourth-order valence-corrected chi connectivity index (χ4v) is 7.23. The molecular weight excluding hydrogens is 552 g/mol. The second-order valence-electron chi connectivity index (χ2n) is 10.2. The Bertz CT molecular complexity index is 1050. The lowest BCUT2D eigenvalue weighted by molar-refractivity contribution is -0.156. The first-order chi connectivity index (χ1) is 18.4. The summed E-state index contributed by atoms with van der Waals surface area (Å²) in [6, 6.07) is 7.38. The van der Waals surface area contributed by atoms with Crippen molar-refractivity contribution in [2.45, 2.75) is 61.2 Å². The van der Waals surface area contributed by atoms with Crippen LogP contribution in [0.4, 0.5) is 0 Å². The zero-order valence-corrected chi connectivity index (χ0v) is 23.4. The number of aliphatic hydroxyl groups is 1. The van der Waals surface area contributed by atoms with Crippen LogP contribution in [0.1, 0.15) is 44.2 Å². The highest BCUT2D eigenvalue weighted by Gasteiger charge is 2.77. The van der Waals surface area contributed by atoms with Crippen LogP contribution in [-0.2, 0) is 23.9 Å². The summed E-state index contributed by atoms with van der Waals surface area (Å²) < 4.78 is 12.1. The van der Waals surface area contributed by atoms with E-state index in [1.165, 1.54) is 4.90 Å². The standard InChI is InChI=1S/C29H37BrN2O6/c1-4-7-15-31(14-6-3)27(35)25-29-17-20(30)24(38-29)22(28(36)37-16-8-5-2)23(29)26(34)32(25)21(18-33)19-12-10-9-11-13-19/h5-6,9-13,20-25,33H,2-4,7-8,14-18H2,1H3/t20?,21-,22-,23+,24-,25?,29?/m1/s1. The zero-order valence-electron chi connectivity index (χ0n) is 21.8. The van der Waals surface area contributed by atoms with E-state index in [1.54, 1.807) is 17.1 Å².